The van der Waals surface area contributed by atoms with Gasteiger partial charge in [-0.15, -0.1) is 0 Å². The maximum atomic E-state index is 3.83. The topological polar surface area (TPSA) is 66.0 Å². The molecule has 1 saturated heterocycles. The molecule has 1 aliphatic heterocycles. The van der Waals surface area contributed by atoms with Crippen LogP contribution in [-0.2, 0) is 0 Å². The lowest BCUT2D eigenvalue weighted by Crippen LogP contribution is -2.49. The molecule has 1 atom stereocenters. The van der Waals surface area contributed by atoms with Crippen molar-refractivity contribution < 1.29 is 0 Å². The molecule has 0 spiro atoms. The second-order valence-electron chi connectivity index (χ2n) is 3.72. The van der Waals surface area contributed by atoms with Crippen molar-refractivity contribution in [2.45, 2.75) is 12.5 Å². The van der Waals surface area contributed by atoms with Gasteiger partial charge in [0.2, 0.25) is 5.13 Å². The zero-order valence-electron chi connectivity index (χ0n) is 8.81. The minimum absolute atomic E-state index is 0.618. The predicted octanol–water partition coefficient (Wildman–Crippen LogP) is -0.361. The van der Waals surface area contributed by atoms with Gasteiger partial charge in [-0.2, -0.15) is 0 Å². The van der Waals surface area contributed by atoms with Crippen molar-refractivity contribution in [2.24, 2.45) is 0 Å². The predicted molar refractivity (Wildman–Crippen MR) is 60.1 cm³/mol. The highest BCUT2D eigenvalue weighted by molar-refractivity contribution is 7.09. The van der Waals surface area contributed by atoms with Gasteiger partial charge in [-0.3, -0.25) is 0 Å². The van der Waals surface area contributed by atoms with Crippen molar-refractivity contribution in [2.75, 3.05) is 38.5 Å². The van der Waals surface area contributed by atoms with Gasteiger partial charge in [0, 0.05) is 43.8 Å². The van der Waals surface area contributed by atoms with Crippen LogP contribution in [0.15, 0.2) is 0 Å². The van der Waals surface area contributed by atoms with Gasteiger partial charge in [0.25, 0.3) is 0 Å². The molecule has 0 aromatic carbocycles. The summed E-state index contributed by atoms with van der Waals surface area (Å²) in [6, 6.07) is 0.618. The Balaban J connectivity index is 1.68. The van der Waals surface area contributed by atoms with Gasteiger partial charge in [-0.25, -0.2) is 0 Å². The highest BCUT2D eigenvalue weighted by Crippen LogP contribution is 2.07. The zero-order chi connectivity index (χ0) is 10.5. The number of anilines is 1. The molecule has 2 heterocycles. The maximum Gasteiger partial charge on any atom is 0.225 e. The summed E-state index contributed by atoms with van der Waals surface area (Å²) in [5.74, 6) is 0. The monoisotopic (exact) mass is 228 g/mol. The summed E-state index contributed by atoms with van der Waals surface area (Å²) in [4.78, 5) is 2.40. The average Bonchev–Trinajstić information content (AvgIpc) is 2.74. The van der Waals surface area contributed by atoms with Crippen LogP contribution >= 0.6 is 11.5 Å². The van der Waals surface area contributed by atoms with Gasteiger partial charge in [0.05, 0.1) is 0 Å². The fraction of sp³-hybridized carbons (Fsp3) is 0.875. The number of hydrogen-bond acceptors (Lipinski definition) is 7. The van der Waals surface area contributed by atoms with Crippen molar-refractivity contribution in [1.29, 1.82) is 0 Å². The lowest BCUT2D eigenvalue weighted by atomic mass is 10.1. The Kier molecular flexibility index (Phi) is 3.81. The highest BCUT2D eigenvalue weighted by atomic mass is 32.1. The molecule has 15 heavy (non-hydrogen) atoms. The number of hydrogen-bond donors (Lipinski definition) is 2. The van der Waals surface area contributed by atoms with Crippen LogP contribution in [0.1, 0.15) is 6.42 Å². The third-order valence-corrected chi connectivity index (χ3v) is 3.25. The summed E-state index contributed by atoms with van der Waals surface area (Å²) in [7, 11) is 2.18. The summed E-state index contributed by atoms with van der Waals surface area (Å²) in [5, 5.41) is 14.8. The molecule has 1 fully saturated rings. The third-order valence-electron chi connectivity index (χ3n) is 2.70. The number of piperazine rings is 1. The fourth-order valence-corrected chi connectivity index (χ4v) is 2.12. The molecule has 1 unspecified atom stereocenters. The first kappa shape index (κ1) is 10.7. The van der Waals surface area contributed by atoms with E-state index in [9.17, 15) is 0 Å². The fourth-order valence-electron chi connectivity index (χ4n) is 1.73. The Morgan fingerprint density at radius 3 is 3.33 bits per heavy atom. The van der Waals surface area contributed by atoms with Gasteiger partial charge in [-0.1, -0.05) is 9.59 Å². The molecule has 7 heteroatoms. The number of rotatable bonds is 4. The van der Waals surface area contributed by atoms with E-state index in [1.54, 1.807) is 0 Å². The van der Waals surface area contributed by atoms with Crippen LogP contribution in [0.4, 0.5) is 5.13 Å². The number of likely N-dealkylation sites (N-methyl/N-ethyl adjacent to an activating group) is 1. The molecule has 0 aliphatic carbocycles. The Bertz CT molecular complexity index is 277. The molecule has 2 rings (SSSR count). The standard InChI is InChI=1S/C8H16N6S/c1-14-5-4-9-6-7(14)2-3-10-8-11-12-13-15-8/h7,9H,2-6H2,1H3,(H,10,11,13). The normalized spacial score (nSPS) is 22.9. The number of nitrogens with zero attached hydrogens (tertiary/aromatic N) is 4. The van der Waals surface area contributed by atoms with E-state index in [4.69, 9.17) is 0 Å². The second kappa shape index (κ2) is 5.34. The Morgan fingerprint density at radius 2 is 2.60 bits per heavy atom. The molecule has 84 valence electrons. The Hall–Kier alpha value is -0.790. The first-order valence-corrected chi connectivity index (χ1v) is 5.93. The zero-order valence-corrected chi connectivity index (χ0v) is 9.63. The van der Waals surface area contributed by atoms with E-state index in [-0.39, 0.29) is 0 Å². The van der Waals surface area contributed by atoms with E-state index in [0.717, 1.165) is 37.7 Å². The second-order valence-corrected chi connectivity index (χ2v) is 4.45. The Labute approximate surface area is 93.2 Å². The third kappa shape index (κ3) is 3.08. The summed E-state index contributed by atoms with van der Waals surface area (Å²) in [6.45, 7) is 4.23. The quantitative estimate of drug-likeness (QED) is 0.733. The molecule has 1 aromatic heterocycles. The van der Waals surface area contributed by atoms with Crippen LogP contribution in [0.25, 0.3) is 0 Å². The molecule has 1 aromatic rings. The summed E-state index contributed by atoms with van der Waals surface area (Å²) < 4.78 is 3.70. The summed E-state index contributed by atoms with van der Waals surface area (Å²) in [5.41, 5.74) is 0. The lowest BCUT2D eigenvalue weighted by Gasteiger charge is -2.33. The number of aromatic nitrogens is 3. The van der Waals surface area contributed by atoms with Gasteiger partial charge >= 0.3 is 0 Å². The molecule has 0 amide bonds. The molecule has 0 bridgehead atoms. The van der Waals surface area contributed by atoms with Crippen LogP contribution in [0.3, 0.4) is 0 Å². The smallest absolute Gasteiger partial charge is 0.225 e. The average molecular weight is 228 g/mol. The Morgan fingerprint density at radius 1 is 1.67 bits per heavy atom. The molecule has 0 radical (unpaired) electrons. The van der Waals surface area contributed by atoms with E-state index in [0.29, 0.717) is 6.04 Å². The van der Waals surface area contributed by atoms with E-state index in [1.807, 2.05) is 0 Å². The summed E-state index contributed by atoms with van der Waals surface area (Å²) >= 11 is 1.30. The molecule has 6 nitrogen and oxygen atoms in total. The van der Waals surface area contributed by atoms with Gasteiger partial charge < -0.3 is 15.5 Å². The molecular formula is C8H16N6S. The van der Waals surface area contributed by atoms with Gasteiger partial charge in [0.15, 0.2) is 0 Å². The minimum Gasteiger partial charge on any atom is -0.359 e. The van der Waals surface area contributed by atoms with Crippen molar-refractivity contribution in [3.8, 4) is 0 Å². The van der Waals surface area contributed by atoms with Crippen LogP contribution in [0.5, 0.6) is 0 Å². The van der Waals surface area contributed by atoms with Crippen LogP contribution in [-0.4, -0.2) is 59.0 Å². The van der Waals surface area contributed by atoms with Crippen LogP contribution in [0.2, 0.25) is 0 Å². The van der Waals surface area contributed by atoms with Crippen molar-refractivity contribution in [3.05, 3.63) is 0 Å². The first-order chi connectivity index (χ1) is 7.36. The highest BCUT2D eigenvalue weighted by Gasteiger charge is 2.17. The minimum atomic E-state index is 0.618. The lowest BCUT2D eigenvalue weighted by molar-refractivity contribution is 0.194. The maximum absolute atomic E-state index is 3.83. The van der Waals surface area contributed by atoms with Crippen LogP contribution in [0, 0.1) is 0 Å². The molecule has 0 saturated carbocycles. The van der Waals surface area contributed by atoms with Gasteiger partial charge in [-0.05, 0) is 18.7 Å². The van der Waals surface area contributed by atoms with Crippen molar-refractivity contribution in [1.82, 2.24) is 25.0 Å². The molecular weight excluding hydrogens is 212 g/mol. The van der Waals surface area contributed by atoms with Crippen molar-refractivity contribution >= 4 is 16.7 Å². The number of nitrogens with one attached hydrogen (secondary N) is 2. The first-order valence-electron chi connectivity index (χ1n) is 5.16. The SMILES string of the molecule is CN1CCNCC1CCNc1nnns1. The molecule has 2 N–H and O–H groups in total. The molecule has 1 aliphatic rings. The van der Waals surface area contributed by atoms with Gasteiger partial charge in [0.1, 0.15) is 0 Å². The van der Waals surface area contributed by atoms with Crippen LogP contribution < -0.4 is 10.6 Å². The van der Waals surface area contributed by atoms with E-state index in [2.05, 4.69) is 37.4 Å². The summed E-state index contributed by atoms with van der Waals surface area (Å²) in [6.07, 6.45) is 1.11. The largest absolute Gasteiger partial charge is 0.359 e. The van der Waals surface area contributed by atoms with E-state index < -0.39 is 0 Å². The van der Waals surface area contributed by atoms with E-state index >= 15 is 0 Å². The van der Waals surface area contributed by atoms with Crippen molar-refractivity contribution in [3.63, 3.8) is 0 Å². The van der Waals surface area contributed by atoms with E-state index in [1.165, 1.54) is 11.5 Å².